The molecule has 1 rings (SSSR count). The smallest absolute Gasteiger partial charge is 0.251 e. The van der Waals surface area contributed by atoms with Gasteiger partial charge < -0.3 is 20.5 Å². The van der Waals surface area contributed by atoms with Crippen molar-refractivity contribution in [2.75, 3.05) is 13.2 Å². The zero-order valence-corrected chi connectivity index (χ0v) is 16.4. The highest BCUT2D eigenvalue weighted by atomic mass is 19.2. The van der Waals surface area contributed by atoms with Crippen LogP contribution in [0, 0.1) is 17.0 Å². The second kappa shape index (κ2) is 9.23. The first-order valence-corrected chi connectivity index (χ1v) is 8.68. The third-order valence-electron chi connectivity index (χ3n) is 3.62. The molecule has 1 aromatic carbocycles. The van der Waals surface area contributed by atoms with E-state index in [9.17, 15) is 23.5 Å². The van der Waals surface area contributed by atoms with Gasteiger partial charge in [-0.2, -0.15) is 0 Å². The monoisotopic (exact) mass is 386 g/mol. The molecular weight excluding hydrogens is 358 g/mol. The van der Waals surface area contributed by atoms with Crippen molar-refractivity contribution in [1.29, 1.82) is 0 Å². The van der Waals surface area contributed by atoms with E-state index >= 15 is 0 Å². The molecule has 0 saturated carbocycles. The van der Waals surface area contributed by atoms with Gasteiger partial charge in [0.25, 0.3) is 5.91 Å². The van der Waals surface area contributed by atoms with E-state index < -0.39 is 34.8 Å². The van der Waals surface area contributed by atoms with Crippen LogP contribution in [0.2, 0.25) is 0 Å². The first-order chi connectivity index (χ1) is 12.3. The summed E-state index contributed by atoms with van der Waals surface area (Å²) in [5.41, 5.74) is -0.487. The third kappa shape index (κ3) is 8.92. The van der Waals surface area contributed by atoms with Gasteiger partial charge in [-0.3, -0.25) is 9.59 Å². The molecule has 0 aliphatic carbocycles. The van der Waals surface area contributed by atoms with Crippen molar-refractivity contribution in [2.45, 2.75) is 52.9 Å². The van der Waals surface area contributed by atoms with E-state index in [0.717, 1.165) is 12.1 Å². The van der Waals surface area contributed by atoms with Gasteiger partial charge in [0, 0.05) is 24.6 Å². The summed E-state index contributed by atoms with van der Waals surface area (Å²) < 4.78 is 31.4. The number of aliphatic hydroxyl groups is 1. The predicted molar refractivity (Wildman–Crippen MR) is 96.9 cm³/mol. The second-order valence-corrected chi connectivity index (χ2v) is 7.88. The van der Waals surface area contributed by atoms with Crippen LogP contribution in [0.1, 0.15) is 51.4 Å². The fraction of sp³-hybridized carbons (Fsp3) is 0.579. The number of amides is 2. The van der Waals surface area contributed by atoms with Crippen LogP contribution < -0.4 is 10.6 Å². The SMILES string of the molecule is C[C@@H](CNC(=O)CC(C)(C)COC(C)(C)O)NC(=O)c1ccc(F)c(F)c1. The van der Waals surface area contributed by atoms with Gasteiger partial charge in [-0.15, -0.1) is 0 Å². The molecule has 0 unspecified atom stereocenters. The summed E-state index contributed by atoms with van der Waals surface area (Å²) in [5, 5.41) is 14.9. The second-order valence-electron chi connectivity index (χ2n) is 7.88. The van der Waals surface area contributed by atoms with Crippen LogP contribution in [0.4, 0.5) is 8.78 Å². The van der Waals surface area contributed by atoms with Gasteiger partial charge in [-0.05, 0) is 44.4 Å². The molecule has 27 heavy (non-hydrogen) atoms. The van der Waals surface area contributed by atoms with Crippen LogP contribution in [0.25, 0.3) is 0 Å². The van der Waals surface area contributed by atoms with Crippen LogP contribution in [-0.4, -0.2) is 41.9 Å². The van der Waals surface area contributed by atoms with Crippen LogP contribution in [0.3, 0.4) is 0 Å². The summed E-state index contributed by atoms with van der Waals surface area (Å²) in [4.78, 5) is 24.1. The number of benzene rings is 1. The molecule has 8 heteroatoms. The lowest BCUT2D eigenvalue weighted by molar-refractivity contribution is -0.192. The minimum absolute atomic E-state index is 0.00280. The Hall–Kier alpha value is -2.06. The lowest BCUT2D eigenvalue weighted by Crippen LogP contribution is -2.43. The molecule has 152 valence electrons. The summed E-state index contributed by atoms with van der Waals surface area (Å²) in [7, 11) is 0. The van der Waals surface area contributed by atoms with E-state index in [4.69, 9.17) is 4.74 Å². The van der Waals surface area contributed by atoms with Gasteiger partial charge in [-0.1, -0.05) is 13.8 Å². The van der Waals surface area contributed by atoms with E-state index in [1.165, 1.54) is 19.9 Å². The molecular formula is C19H28F2N2O4. The van der Waals surface area contributed by atoms with Gasteiger partial charge in [0.05, 0.1) is 6.61 Å². The maximum Gasteiger partial charge on any atom is 0.251 e. The Bertz CT molecular complexity index is 672. The van der Waals surface area contributed by atoms with Gasteiger partial charge in [0.15, 0.2) is 17.4 Å². The lowest BCUT2D eigenvalue weighted by atomic mass is 9.90. The fourth-order valence-electron chi connectivity index (χ4n) is 2.18. The Balaban J connectivity index is 2.44. The highest BCUT2D eigenvalue weighted by molar-refractivity contribution is 5.94. The Morgan fingerprint density at radius 2 is 1.81 bits per heavy atom. The Labute approximate surface area is 158 Å². The first kappa shape index (κ1) is 23.0. The van der Waals surface area contributed by atoms with Gasteiger partial charge in [0.2, 0.25) is 5.91 Å². The number of nitrogens with one attached hydrogen (secondary N) is 2. The Morgan fingerprint density at radius 1 is 1.19 bits per heavy atom. The molecule has 6 nitrogen and oxygen atoms in total. The molecule has 0 aromatic heterocycles. The summed E-state index contributed by atoms with van der Waals surface area (Å²) in [6.07, 6.45) is 0.174. The van der Waals surface area contributed by atoms with E-state index in [-0.39, 0.29) is 31.0 Å². The molecule has 0 radical (unpaired) electrons. The molecule has 2 amide bonds. The quantitative estimate of drug-likeness (QED) is 0.569. The number of halogens is 2. The minimum atomic E-state index is -1.27. The number of carbonyl (C=O) groups is 2. The third-order valence-corrected chi connectivity index (χ3v) is 3.62. The molecule has 0 spiro atoms. The molecule has 0 aliphatic rings. The van der Waals surface area contributed by atoms with Gasteiger partial charge in [-0.25, -0.2) is 8.78 Å². The molecule has 0 aliphatic heterocycles. The molecule has 0 heterocycles. The van der Waals surface area contributed by atoms with Crippen LogP contribution >= 0.6 is 0 Å². The molecule has 1 atom stereocenters. The Morgan fingerprint density at radius 3 is 2.37 bits per heavy atom. The summed E-state index contributed by atoms with van der Waals surface area (Å²) in [6.45, 7) is 8.77. The number of ether oxygens (including phenoxy) is 1. The van der Waals surface area contributed by atoms with E-state index in [1.807, 2.05) is 13.8 Å². The predicted octanol–water partition coefficient (Wildman–Crippen LogP) is 2.36. The van der Waals surface area contributed by atoms with Crippen LogP contribution in [-0.2, 0) is 9.53 Å². The lowest BCUT2D eigenvalue weighted by Gasteiger charge is -2.28. The standard InChI is InChI=1S/C19H28F2N2O4/c1-12(23-17(25)13-6-7-14(20)15(21)8-13)10-22-16(24)9-18(2,3)11-27-19(4,5)26/h6-8,12,26H,9-11H2,1-5H3,(H,22,24)(H,23,25)/t12-/m0/s1. The van der Waals surface area contributed by atoms with E-state index in [1.54, 1.807) is 6.92 Å². The number of hydrogen-bond acceptors (Lipinski definition) is 4. The molecule has 0 bridgehead atoms. The van der Waals surface area contributed by atoms with Crippen molar-refractivity contribution in [2.24, 2.45) is 5.41 Å². The van der Waals surface area contributed by atoms with E-state index in [2.05, 4.69) is 10.6 Å². The zero-order chi connectivity index (χ0) is 20.8. The van der Waals surface area contributed by atoms with Crippen molar-refractivity contribution in [1.82, 2.24) is 10.6 Å². The molecule has 0 fully saturated rings. The van der Waals surface area contributed by atoms with Crippen molar-refractivity contribution >= 4 is 11.8 Å². The average Bonchev–Trinajstić information content (AvgIpc) is 2.53. The molecule has 1 aromatic rings. The maximum absolute atomic E-state index is 13.2. The Kier molecular flexibility index (Phi) is 7.86. The van der Waals surface area contributed by atoms with Crippen molar-refractivity contribution in [3.63, 3.8) is 0 Å². The van der Waals surface area contributed by atoms with Gasteiger partial charge >= 0.3 is 0 Å². The van der Waals surface area contributed by atoms with Crippen molar-refractivity contribution in [3.05, 3.63) is 35.4 Å². The van der Waals surface area contributed by atoms with Crippen molar-refractivity contribution < 1.29 is 28.2 Å². The highest BCUT2D eigenvalue weighted by Gasteiger charge is 2.26. The summed E-state index contributed by atoms with van der Waals surface area (Å²) in [6, 6.07) is 2.48. The topological polar surface area (TPSA) is 87.7 Å². The zero-order valence-electron chi connectivity index (χ0n) is 16.4. The van der Waals surface area contributed by atoms with Crippen LogP contribution in [0.5, 0.6) is 0 Å². The maximum atomic E-state index is 13.2. The average molecular weight is 386 g/mol. The van der Waals surface area contributed by atoms with Crippen molar-refractivity contribution in [3.8, 4) is 0 Å². The molecule has 3 N–H and O–H groups in total. The minimum Gasteiger partial charge on any atom is -0.366 e. The van der Waals surface area contributed by atoms with E-state index in [0.29, 0.717) is 0 Å². The largest absolute Gasteiger partial charge is 0.366 e. The van der Waals surface area contributed by atoms with Crippen LogP contribution in [0.15, 0.2) is 18.2 Å². The normalized spacial score (nSPS) is 13.2. The first-order valence-electron chi connectivity index (χ1n) is 8.68. The highest BCUT2D eigenvalue weighted by Crippen LogP contribution is 2.22. The van der Waals surface area contributed by atoms with Gasteiger partial charge in [0.1, 0.15) is 0 Å². The number of rotatable bonds is 9. The molecule has 0 saturated heterocycles. The number of hydrogen-bond donors (Lipinski definition) is 3. The summed E-state index contributed by atoms with van der Waals surface area (Å²) >= 11 is 0. The number of carbonyl (C=O) groups excluding carboxylic acids is 2. The fourth-order valence-corrected chi connectivity index (χ4v) is 2.18. The summed E-state index contributed by atoms with van der Waals surface area (Å²) in [5.74, 6) is -4.18.